The third kappa shape index (κ3) is 3.13. The van der Waals surface area contributed by atoms with Crippen molar-refractivity contribution in [2.75, 3.05) is 13.1 Å². The van der Waals surface area contributed by atoms with Crippen LogP contribution in [0, 0.1) is 5.92 Å². The lowest BCUT2D eigenvalue weighted by molar-refractivity contribution is -0.137. The molecule has 0 radical (unpaired) electrons. The van der Waals surface area contributed by atoms with Gasteiger partial charge in [0, 0.05) is 19.5 Å². The van der Waals surface area contributed by atoms with Crippen molar-refractivity contribution >= 4 is 27.8 Å². The van der Waals surface area contributed by atoms with Crippen molar-refractivity contribution in [1.82, 2.24) is 4.90 Å². The average molecular weight is 316 g/mol. The molecule has 1 amide bonds. The highest BCUT2D eigenvalue weighted by Crippen LogP contribution is 2.24. The van der Waals surface area contributed by atoms with Gasteiger partial charge in [0.25, 0.3) is 5.91 Å². The van der Waals surface area contributed by atoms with E-state index >= 15 is 0 Å². The van der Waals surface area contributed by atoms with Crippen molar-refractivity contribution in [2.24, 2.45) is 5.92 Å². The van der Waals surface area contributed by atoms with E-state index in [0.717, 1.165) is 6.42 Å². The molecule has 1 saturated heterocycles. The van der Waals surface area contributed by atoms with Crippen LogP contribution in [0.1, 0.15) is 29.8 Å². The van der Waals surface area contributed by atoms with Crippen molar-refractivity contribution in [3.63, 3.8) is 0 Å². The first-order valence-corrected chi connectivity index (χ1v) is 6.62. The van der Waals surface area contributed by atoms with Gasteiger partial charge in [0.15, 0.2) is 10.4 Å². The monoisotopic (exact) mass is 315 g/mol. The summed E-state index contributed by atoms with van der Waals surface area (Å²) in [5.74, 6) is -0.308. The average Bonchev–Trinajstić information content (AvgIpc) is 2.94. The molecule has 0 aliphatic carbocycles. The molecule has 1 aromatic heterocycles. The fourth-order valence-corrected chi connectivity index (χ4v) is 2.47. The van der Waals surface area contributed by atoms with Crippen LogP contribution in [-0.4, -0.2) is 35.0 Å². The maximum absolute atomic E-state index is 12.0. The van der Waals surface area contributed by atoms with Crippen molar-refractivity contribution in [3.8, 4) is 0 Å². The van der Waals surface area contributed by atoms with Gasteiger partial charge in [0.1, 0.15) is 0 Å². The number of likely N-dealkylation sites (tertiary alicyclic amines) is 1. The number of carboxylic acid groups (broad SMARTS) is 1. The molecule has 0 saturated carbocycles. The molecule has 1 aliphatic heterocycles. The van der Waals surface area contributed by atoms with Crippen LogP contribution in [-0.2, 0) is 4.79 Å². The van der Waals surface area contributed by atoms with Crippen molar-refractivity contribution in [1.29, 1.82) is 0 Å². The van der Waals surface area contributed by atoms with Crippen molar-refractivity contribution in [2.45, 2.75) is 19.3 Å². The van der Waals surface area contributed by atoms with Crippen LogP contribution >= 0.6 is 15.9 Å². The van der Waals surface area contributed by atoms with E-state index in [0.29, 0.717) is 29.9 Å². The van der Waals surface area contributed by atoms with Gasteiger partial charge in [-0.05, 0) is 46.8 Å². The fourth-order valence-electron chi connectivity index (χ4n) is 2.17. The summed E-state index contributed by atoms with van der Waals surface area (Å²) in [5.41, 5.74) is 0. The highest BCUT2D eigenvalue weighted by atomic mass is 79.9. The summed E-state index contributed by atoms with van der Waals surface area (Å²) >= 11 is 3.16. The van der Waals surface area contributed by atoms with Crippen LogP contribution < -0.4 is 0 Å². The van der Waals surface area contributed by atoms with E-state index in [2.05, 4.69) is 15.9 Å². The highest BCUT2D eigenvalue weighted by molar-refractivity contribution is 9.10. The van der Waals surface area contributed by atoms with Crippen LogP contribution in [0.2, 0.25) is 0 Å². The van der Waals surface area contributed by atoms with E-state index in [-0.39, 0.29) is 18.2 Å². The molecule has 5 nitrogen and oxygen atoms in total. The normalized spacial score (nSPS) is 19.2. The summed E-state index contributed by atoms with van der Waals surface area (Å²) in [6.07, 6.45) is 1.65. The second-order valence-electron chi connectivity index (χ2n) is 4.44. The van der Waals surface area contributed by atoms with E-state index in [1.165, 1.54) is 0 Å². The van der Waals surface area contributed by atoms with Gasteiger partial charge in [-0.15, -0.1) is 0 Å². The van der Waals surface area contributed by atoms with Crippen LogP contribution in [0.4, 0.5) is 0 Å². The zero-order valence-corrected chi connectivity index (χ0v) is 11.4. The number of nitrogens with zero attached hydrogens (tertiary/aromatic N) is 1. The molecule has 1 fully saturated rings. The minimum Gasteiger partial charge on any atom is -0.481 e. The lowest BCUT2D eigenvalue weighted by Crippen LogP contribution is -2.28. The zero-order valence-electron chi connectivity index (χ0n) is 9.76. The molecule has 18 heavy (non-hydrogen) atoms. The Morgan fingerprint density at radius 1 is 1.50 bits per heavy atom. The summed E-state index contributed by atoms with van der Waals surface area (Å²) in [4.78, 5) is 24.3. The number of carboxylic acids is 1. The van der Waals surface area contributed by atoms with Gasteiger partial charge in [-0.1, -0.05) is 0 Å². The van der Waals surface area contributed by atoms with Crippen LogP contribution in [0.5, 0.6) is 0 Å². The third-order valence-electron chi connectivity index (χ3n) is 3.12. The number of hydrogen-bond acceptors (Lipinski definition) is 3. The Hall–Kier alpha value is -1.30. The number of aliphatic carboxylic acids is 1. The molecule has 1 unspecified atom stereocenters. The summed E-state index contributed by atoms with van der Waals surface area (Å²) in [5, 5.41) is 8.63. The first kappa shape index (κ1) is 13.1. The van der Waals surface area contributed by atoms with Crippen LogP contribution in [0.15, 0.2) is 21.2 Å². The second-order valence-corrected chi connectivity index (χ2v) is 5.22. The van der Waals surface area contributed by atoms with Gasteiger partial charge in [0.2, 0.25) is 0 Å². The summed E-state index contributed by atoms with van der Waals surface area (Å²) in [6, 6.07) is 3.32. The molecule has 2 heterocycles. The van der Waals surface area contributed by atoms with Gasteiger partial charge in [-0.3, -0.25) is 9.59 Å². The molecule has 0 spiro atoms. The first-order valence-electron chi connectivity index (χ1n) is 5.82. The number of rotatable bonds is 4. The summed E-state index contributed by atoms with van der Waals surface area (Å²) in [7, 11) is 0. The fraction of sp³-hybridized carbons (Fsp3) is 0.500. The Morgan fingerprint density at radius 2 is 2.28 bits per heavy atom. The van der Waals surface area contributed by atoms with E-state index < -0.39 is 5.97 Å². The highest BCUT2D eigenvalue weighted by Gasteiger charge is 2.28. The topological polar surface area (TPSA) is 70.8 Å². The predicted octanol–water partition coefficient (Wildman–Crippen LogP) is 2.37. The molecule has 0 aromatic carbocycles. The standard InChI is InChI=1S/C12H14BrNO4/c13-10-3-2-9(18-10)12(17)14-6-5-8(7-14)1-4-11(15)16/h2-3,8H,1,4-7H2,(H,15,16). The van der Waals surface area contributed by atoms with Crippen LogP contribution in [0.25, 0.3) is 0 Å². The van der Waals surface area contributed by atoms with Gasteiger partial charge in [0.05, 0.1) is 0 Å². The quantitative estimate of drug-likeness (QED) is 0.926. The minimum atomic E-state index is -0.783. The lowest BCUT2D eigenvalue weighted by atomic mass is 10.0. The van der Waals surface area contributed by atoms with Crippen molar-refractivity contribution < 1.29 is 19.1 Å². The summed E-state index contributed by atoms with van der Waals surface area (Å²) in [6.45, 7) is 1.28. The molecule has 6 heteroatoms. The van der Waals surface area contributed by atoms with E-state index in [4.69, 9.17) is 9.52 Å². The smallest absolute Gasteiger partial charge is 0.303 e. The largest absolute Gasteiger partial charge is 0.481 e. The lowest BCUT2D eigenvalue weighted by Gasteiger charge is -2.14. The van der Waals surface area contributed by atoms with Crippen LogP contribution in [0.3, 0.4) is 0 Å². The minimum absolute atomic E-state index is 0.126. The van der Waals surface area contributed by atoms with Gasteiger partial charge in [-0.25, -0.2) is 0 Å². The van der Waals surface area contributed by atoms with Gasteiger partial charge >= 0.3 is 5.97 Å². The SMILES string of the molecule is O=C(O)CCC1CCN(C(=O)c2ccc(Br)o2)C1. The molecule has 1 aromatic rings. The maximum Gasteiger partial charge on any atom is 0.303 e. The number of furan rings is 1. The number of hydrogen-bond donors (Lipinski definition) is 1. The number of halogens is 1. The Labute approximate surface area is 113 Å². The number of carbonyl (C=O) groups excluding carboxylic acids is 1. The third-order valence-corrected chi connectivity index (χ3v) is 3.55. The molecule has 2 rings (SSSR count). The Balaban J connectivity index is 1.88. The first-order chi connectivity index (χ1) is 8.56. The maximum atomic E-state index is 12.0. The Morgan fingerprint density at radius 3 is 2.89 bits per heavy atom. The number of amides is 1. The molecule has 1 N–H and O–H groups in total. The Bertz CT molecular complexity index is 457. The van der Waals surface area contributed by atoms with E-state index in [1.54, 1.807) is 17.0 Å². The Kier molecular flexibility index (Phi) is 4.06. The molecule has 98 valence electrons. The van der Waals surface area contributed by atoms with Gasteiger partial charge < -0.3 is 14.4 Å². The molecular weight excluding hydrogens is 302 g/mol. The van der Waals surface area contributed by atoms with E-state index in [1.807, 2.05) is 0 Å². The van der Waals surface area contributed by atoms with Crippen molar-refractivity contribution in [3.05, 3.63) is 22.6 Å². The molecule has 1 aliphatic rings. The van der Waals surface area contributed by atoms with Gasteiger partial charge in [-0.2, -0.15) is 0 Å². The summed E-state index contributed by atoms with van der Waals surface area (Å²) < 4.78 is 5.76. The predicted molar refractivity (Wildman–Crippen MR) is 67.3 cm³/mol. The second kappa shape index (κ2) is 5.56. The molecule has 1 atom stereocenters. The molecular formula is C12H14BrNO4. The van der Waals surface area contributed by atoms with E-state index in [9.17, 15) is 9.59 Å². The zero-order chi connectivity index (χ0) is 13.1. The molecule has 0 bridgehead atoms. The number of carbonyl (C=O) groups is 2.